The van der Waals surface area contributed by atoms with E-state index in [1.807, 2.05) is 0 Å². The van der Waals surface area contributed by atoms with Crippen molar-refractivity contribution in [3.63, 3.8) is 0 Å². The molecule has 1 N–H and O–H groups in total. The second-order valence-corrected chi connectivity index (χ2v) is 8.03. The zero-order valence-corrected chi connectivity index (χ0v) is 16.0. The topological polar surface area (TPSA) is 132 Å². The molecule has 28 heavy (non-hydrogen) atoms. The monoisotopic (exact) mass is 441 g/mol. The SMILES string of the molecule is O=[N+]([O-])c1cc([N+](=O)[O-])c2ccccc2c1NS(=O)(=O)c1ccc(Cl)c(Cl)c1. The van der Waals surface area contributed by atoms with E-state index in [1.165, 1.54) is 36.4 Å². The van der Waals surface area contributed by atoms with Crippen LogP contribution in [0.2, 0.25) is 10.0 Å². The fourth-order valence-corrected chi connectivity index (χ4v) is 4.07. The Hall–Kier alpha value is -2.95. The van der Waals surface area contributed by atoms with Crippen LogP contribution in [0.25, 0.3) is 10.8 Å². The van der Waals surface area contributed by atoms with Gasteiger partial charge in [-0.15, -0.1) is 0 Å². The number of hydrogen-bond donors (Lipinski definition) is 1. The van der Waals surface area contributed by atoms with Gasteiger partial charge < -0.3 is 0 Å². The standard InChI is InChI=1S/C16H9Cl2N3O6S/c17-12-6-5-9(7-13(12)18)28(26,27)19-16-11-4-2-1-3-10(11)14(20(22)23)8-15(16)21(24)25/h1-8,19H. The number of halogens is 2. The molecule has 0 fully saturated rings. The van der Waals surface area contributed by atoms with Crippen LogP contribution >= 0.6 is 23.2 Å². The van der Waals surface area contributed by atoms with Gasteiger partial charge in [0.05, 0.1) is 36.2 Å². The van der Waals surface area contributed by atoms with Gasteiger partial charge >= 0.3 is 5.69 Å². The molecule has 0 aliphatic heterocycles. The van der Waals surface area contributed by atoms with E-state index >= 15 is 0 Å². The molecule has 0 aliphatic carbocycles. The molecule has 0 saturated carbocycles. The Kier molecular flexibility index (Phi) is 5.11. The van der Waals surface area contributed by atoms with Gasteiger partial charge in [0.2, 0.25) is 0 Å². The van der Waals surface area contributed by atoms with E-state index in [9.17, 15) is 28.6 Å². The highest BCUT2D eigenvalue weighted by Gasteiger charge is 2.28. The smallest absolute Gasteiger partial charge is 0.272 e. The fourth-order valence-electron chi connectivity index (χ4n) is 2.58. The summed E-state index contributed by atoms with van der Waals surface area (Å²) >= 11 is 11.6. The maximum atomic E-state index is 12.7. The summed E-state index contributed by atoms with van der Waals surface area (Å²) in [5.41, 5.74) is -1.66. The van der Waals surface area contributed by atoms with Gasteiger partial charge in [-0.05, 0) is 24.3 Å². The van der Waals surface area contributed by atoms with Crippen molar-refractivity contribution in [2.24, 2.45) is 0 Å². The number of anilines is 1. The van der Waals surface area contributed by atoms with Gasteiger partial charge in [0, 0.05) is 5.39 Å². The highest BCUT2D eigenvalue weighted by atomic mass is 35.5. The quantitative estimate of drug-likeness (QED) is 0.447. The molecule has 0 atom stereocenters. The summed E-state index contributed by atoms with van der Waals surface area (Å²) < 4.78 is 27.6. The number of sulfonamides is 1. The van der Waals surface area contributed by atoms with E-state index in [0.29, 0.717) is 0 Å². The minimum Gasteiger partial charge on any atom is -0.272 e. The molecule has 0 unspecified atom stereocenters. The van der Waals surface area contributed by atoms with Crippen LogP contribution in [0.5, 0.6) is 0 Å². The Balaban J connectivity index is 2.26. The number of nitro groups is 2. The van der Waals surface area contributed by atoms with Gasteiger partial charge in [0.15, 0.2) is 0 Å². The molecule has 3 rings (SSSR count). The molecule has 12 heteroatoms. The molecule has 0 aliphatic rings. The number of rotatable bonds is 5. The van der Waals surface area contributed by atoms with Crippen LogP contribution in [0.1, 0.15) is 0 Å². The predicted molar refractivity (Wildman–Crippen MR) is 105 cm³/mol. The van der Waals surface area contributed by atoms with Crippen molar-refractivity contribution in [2.45, 2.75) is 4.90 Å². The molecule has 3 aromatic rings. The highest BCUT2D eigenvalue weighted by Crippen LogP contribution is 2.40. The third-order valence-electron chi connectivity index (χ3n) is 3.83. The Morgan fingerprint density at radius 2 is 1.43 bits per heavy atom. The Labute approximate surface area is 167 Å². The Morgan fingerprint density at radius 1 is 0.821 bits per heavy atom. The lowest BCUT2D eigenvalue weighted by atomic mass is 10.1. The molecule has 9 nitrogen and oxygen atoms in total. The average molecular weight is 442 g/mol. The third kappa shape index (κ3) is 3.57. The summed E-state index contributed by atoms with van der Waals surface area (Å²) in [5.74, 6) is 0. The van der Waals surface area contributed by atoms with Crippen molar-refractivity contribution in [2.75, 3.05) is 4.72 Å². The number of nitrogens with one attached hydrogen (secondary N) is 1. The van der Waals surface area contributed by atoms with Crippen LogP contribution in [0, 0.1) is 20.2 Å². The van der Waals surface area contributed by atoms with E-state index in [-0.39, 0.29) is 25.7 Å². The third-order valence-corrected chi connectivity index (χ3v) is 5.92. The van der Waals surface area contributed by atoms with Crippen molar-refractivity contribution in [3.8, 4) is 0 Å². The van der Waals surface area contributed by atoms with Crippen molar-refractivity contribution in [1.82, 2.24) is 0 Å². The number of non-ortho nitro benzene ring substituents is 1. The Bertz CT molecular complexity index is 1250. The van der Waals surface area contributed by atoms with Crippen LogP contribution in [-0.4, -0.2) is 18.3 Å². The van der Waals surface area contributed by atoms with Crippen LogP contribution in [-0.2, 0) is 10.0 Å². The van der Waals surface area contributed by atoms with Gasteiger partial charge in [-0.1, -0.05) is 41.4 Å². The van der Waals surface area contributed by atoms with Crippen LogP contribution in [0.15, 0.2) is 53.4 Å². The molecule has 0 heterocycles. The second-order valence-electron chi connectivity index (χ2n) is 5.53. The molecule has 0 aromatic heterocycles. The summed E-state index contributed by atoms with van der Waals surface area (Å²) in [7, 11) is -4.30. The summed E-state index contributed by atoms with van der Waals surface area (Å²) in [5, 5.41) is 22.9. The molecule has 0 radical (unpaired) electrons. The second kappa shape index (κ2) is 7.23. The highest BCUT2D eigenvalue weighted by molar-refractivity contribution is 7.92. The number of benzene rings is 3. The lowest BCUT2D eigenvalue weighted by Gasteiger charge is -2.12. The summed E-state index contributed by atoms with van der Waals surface area (Å²) in [6, 6.07) is 9.94. The molecule has 144 valence electrons. The van der Waals surface area contributed by atoms with Crippen molar-refractivity contribution in [3.05, 3.63) is 78.8 Å². The first-order valence-corrected chi connectivity index (χ1v) is 9.68. The normalized spacial score (nSPS) is 11.4. The average Bonchev–Trinajstić information content (AvgIpc) is 2.63. The van der Waals surface area contributed by atoms with Crippen molar-refractivity contribution < 1.29 is 18.3 Å². The lowest BCUT2D eigenvalue weighted by Crippen LogP contribution is -2.14. The maximum absolute atomic E-state index is 12.7. The van der Waals surface area contributed by atoms with Gasteiger partial charge in [0.25, 0.3) is 15.7 Å². The van der Waals surface area contributed by atoms with E-state index in [1.54, 1.807) is 0 Å². The number of nitro benzene ring substituents is 2. The fraction of sp³-hybridized carbons (Fsp3) is 0. The van der Waals surface area contributed by atoms with E-state index in [2.05, 4.69) is 4.72 Å². The van der Waals surface area contributed by atoms with Gasteiger partial charge in [0.1, 0.15) is 5.69 Å². The molecule has 0 spiro atoms. The number of hydrogen-bond acceptors (Lipinski definition) is 6. The Morgan fingerprint density at radius 3 is 2.00 bits per heavy atom. The first kappa shape index (κ1) is 19.8. The number of fused-ring (bicyclic) bond motifs is 1. The van der Waals surface area contributed by atoms with E-state index in [4.69, 9.17) is 23.2 Å². The molecule has 0 bridgehead atoms. The summed E-state index contributed by atoms with van der Waals surface area (Å²) in [6.45, 7) is 0. The zero-order valence-electron chi connectivity index (χ0n) is 13.6. The van der Waals surface area contributed by atoms with Gasteiger partial charge in [-0.2, -0.15) is 0 Å². The van der Waals surface area contributed by atoms with Crippen LogP contribution in [0.4, 0.5) is 17.1 Å². The predicted octanol–water partition coefficient (Wildman–Crippen LogP) is 4.76. The van der Waals surface area contributed by atoms with Crippen molar-refractivity contribution >= 4 is 61.1 Å². The van der Waals surface area contributed by atoms with Gasteiger partial charge in [-0.3, -0.25) is 25.0 Å². The number of nitrogens with zero attached hydrogens (tertiary/aromatic N) is 2. The minimum atomic E-state index is -4.30. The molecular formula is C16H9Cl2N3O6S. The molecular weight excluding hydrogens is 433 g/mol. The van der Waals surface area contributed by atoms with Gasteiger partial charge in [-0.25, -0.2) is 8.42 Å². The van der Waals surface area contributed by atoms with Crippen molar-refractivity contribution in [1.29, 1.82) is 0 Å². The summed E-state index contributed by atoms with van der Waals surface area (Å²) in [4.78, 5) is 20.8. The first-order valence-electron chi connectivity index (χ1n) is 7.44. The molecule has 0 amide bonds. The first-order chi connectivity index (χ1) is 13.1. The van der Waals surface area contributed by atoms with Crippen LogP contribution in [0.3, 0.4) is 0 Å². The summed E-state index contributed by atoms with van der Waals surface area (Å²) in [6.07, 6.45) is 0. The zero-order chi connectivity index (χ0) is 20.6. The molecule has 3 aromatic carbocycles. The van der Waals surface area contributed by atoms with E-state index < -0.39 is 36.9 Å². The lowest BCUT2D eigenvalue weighted by molar-refractivity contribution is -0.392. The minimum absolute atomic E-state index is 0.00651. The largest absolute Gasteiger partial charge is 0.300 e. The maximum Gasteiger partial charge on any atom is 0.300 e. The van der Waals surface area contributed by atoms with E-state index in [0.717, 1.165) is 12.1 Å². The van der Waals surface area contributed by atoms with Crippen LogP contribution < -0.4 is 4.72 Å². The molecule has 0 saturated heterocycles.